The van der Waals surface area contributed by atoms with E-state index in [0.717, 1.165) is 9.26 Å². The van der Waals surface area contributed by atoms with E-state index in [1.165, 1.54) is 6.07 Å². The van der Waals surface area contributed by atoms with Crippen molar-refractivity contribution in [2.75, 3.05) is 13.9 Å². The molecule has 0 aromatic carbocycles. The van der Waals surface area contributed by atoms with E-state index in [1.807, 2.05) is 0 Å². The summed E-state index contributed by atoms with van der Waals surface area (Å²) in [5.74, 6) is -0.304. The molecular weight excluding hydrogens is 300 g/mol. The van der Waals surface area contributed by atoms with Gasteiger partial charge in [-0.25, -0.2) is 9.37 Å². The third kappa shape index (κ3) is 3.14. The Bertz CT molecular complexity index is 320. The molecule has 0 bridgehead atoms. The Hall–Kier alpha value is -0.270. The molecule has 0 aliphatic rings. The summed E-state index contributed by atoms with van der Waals surface area (Å²) >= 11 is 2.06. The van der Waals surface area contributed by atoms with E-state index in [9.17, 15) is 4.39 Å². The summed E-state index contributed by atoms with van der Waals surface area (Å²) < 4.78 is 23.7. The van der Waals surface area contributed by atoms with Crippen molar-refractivity contribution in [3.05, 3.63) is 26.8 Å². The van der Waals surface area contributed by atoms with Gasteiger partial charge in [0.2, 0.25) is 0 Å². The second-order valence-corrected chi connectivity index (χ2v) is 3.78. The third-order valence-corrected chi connectivity index (χ3v) is 2.57. The first kappa shape index (κ1) is 11.8. The molecule has 0 fully saturated rings. The van der Waals surface area contributed by atoms with E-state index in [-0.39, 0.29) is 12.6 Å². The molecule has 78 valence electrons. The molecule has 3 nitrogen and oxygen atoms in total. The molecule has 0 atom stereocenters. The van der Waals surface area contributed by atoms with Crippen LogP contribution in [0.5, 0.6) is 0 Å². The van der Waals surface area contributed by atoms with Gasteiger partial charge in [-0.3, -0.25) is 0 Å². The van der Waals surface area contributed by atoms with Crippen LogP contribution in [0.25, 0.3) is 0 Å². The van der Waals surface area contributed by atoms with Gasteiger partial charge in [-0.1, -0.05) is 0 Å². The average Bonchev–Trinajstić information content (AvgIpc) is 2.14. The molecule has 0 saturated heterocycles. The van der Waals surface area contributed by atoms with E-state index >= 15 is 0 Å². The SMILES string of the molecule is COCOCc1cc(F)c(C)nc1I. The van der Waals surface area contributed by atoms with Gasteiger partial charge in [-0.15, -0.1) is 0 Å². The number of rotatable bonds is 4. The van der Waals surface area contributed by atoms with Gasteiger partial charge >= 0.3 is 0 Å². The largest absolute Gasteiger partial charge is 0.359 e. The standard InChI is InChI=1S/C9H11FINO2/c1-6-8(10)3-7(9(11)12-6)4-14-5-13-2/h3H,4-5H2,1-2H3. The number of halogens is 2. The maximum atomic E-state index is 13.1. The molecule has 1 heterocycles. The minimum Gasteiger partial charge on any atom is -0.359 e. The fraction of sp³-hybridized carbons (Fsp3) is 0.444. The lowest BCUT2D eigenvalue weighted by Gasteiger charge is -2.06. The van der Waals surface area contributed by atoms with Gasteiger partial charge in [0.15, 0.2) is 0 Å². The average molecular weight is 311 g/mol. The van der Waals surface area contributed by atoms with Gasteiger partial charge in [0, 0.05) is 12.7 Å². The number of hydrogen-bond donors (Lipinski definition) is 0. The molecule has 1 aromatic rings. The van der Waals surface area contributed by atoms with Gasteiger partial charge in [0.1, 0.15) is 16.3 Å². The number of pyridine rings is 1. The van der Waals surface area contributed by atoms with Gasteiger partial charge in [-0.05, 0) is 35.6 Å². The van der Waals surface area contributed by atoms with Crippen LogP contribution in [0.15, 0.2) is 6.07 Å². The number of aryl methyl sites for hydroxylation is 1. The fourth-order valence-corrected chi connectivity index (χ4v) is 1.60. The lowest BCUT2D eigenvalue weighted by atomic mass is 10.2. The third-order valence-electron chi connectivity index (χ3n) is 1.64. The Morgan fingerprint density at radius 2 is 2.29 bits per heavy atom. The number of aromatic nitrogens is 1. The van der Waals surface area contributed by atoms with Gasteiger partial charge in [0.05, 0.1) is 12.3 Å². The maximum Gasteiger partial charge on any atom is 0.146 e. The molecule has 0 saturated carbocycles. The van der Waals surface area contributed by atoms with Gasteiger partial charge in [0.25, 0.3) is 0 Å². The highest BCUT2D eigenvalue weighted by Crippen LogP contribution is 2.14. The molecule has 1 aromatic heterocycles. The van der Waals surface area contributed by atoms with E-state index in [4.69, 9.17) is 9.47 Å². The van der Waals surface area contributed by atoms with Crippen molar-refractivity contribution < 1.29 is 13.9 Å². The topological polar surface area (TPSA) is 31.4 Å². The lowest BCUT2D eigenvalue weighted by Crippen LogP contribution is -2.02. The number of methoxy groups -OCH3 is 1. The zero-order valence-electron chi connectivity index (χ0n) is 8.01. The van der Waals surface area contributed by atoms with Crippen LogP contribution in [0.4, 0.5) is 4.39 Å². The van der Waals surface area contributed by atoms with E-state index in [2.05, 4.69) is 27.6 Å². The fourth-order valence-electron chi connectivity index (χ4n) is 0.926. The summed E-state index contributed by atoms with van der Waals surface area (Å²) in [6.07, 6.45) is 0. The molecule has 0 N–H and O–H groups in total. The Kier molecular flexibility index (Phi) is 4.70. The summed E-state index contributed by atoms with van der Waals surface area (Å²) in [4.78, 5) is 4.04. The van der Waals surface area contributed by atoms with Crippen LogP contribution in [-0.2, 0) is 16.1 Å². The Morgan fingerprint density at radius 3 is 2.93 bits per heavy atom. The van der Waals surface area contributed by atoms with E-state index in [1.54, 1.807) is 14.0 Å². The zero-order valence-corrected chi connectivity index (χ0v) is 10.2. The molecule has 0 aliphatic carbocycles. The summed E-state index contributed by atoms with van der Waals surface area (Å²) in [6, 6.07) is 1.44. The normalized spacial score (nSPS) is 10.6. The summed E-state index contributed by atoms with van der Waals surface area (Å²) in [7, 11) is 1.54. The molecule has 14 heavy (non-hydrogen) atoms. The summed E-state index contributed by atoms with van der Waals surface area (Å²) in [5, 5.41) is 0. The highest BCUT2D eigenvalue weighted by Gasteiger charge is 2.06. The van der Waals surface area contributed by atoms with Crippen LogP contribution in [0.2, 0.25) is 0 Å². The molecule has 0 unspecified atom stereocenters. The second-order valence-electron chi connectivity index (χ2n) is 2.76. The summed E-state index contributed by atoms with van der Waals surface area (Å²) in [5.41, 5.74) is 1.15. The van der Waals surface area contributed by atoms with Crippen molar-refractivity contribution in [2.24, 2.45) is 0 Å². The van der Waals surface area contributed by atoms with E-state index < -0.39 is 0 Å². The van der Waals surface area contributed by atoms with Crippen LogP contribution in [0.3, 0.4) is 0 Å². The highest BCUT2D eigenvalue weighted by molar-refractivity contribution is 14.1. The van der Waals surface area contributed by atoms with Crippen LogP contribution in [-0.4, -0.2) is 18.9 Å². The monoisotopic (exact) mass is 311 g/mol. The predicted octanol–water partition coefficient (Wildman–Crippen LogP) is 2.25. The smallest absolute Gasteiger partial charge is 0.146 e. The van der Waals surface area contributed by atoms with E-state index in [0.29, 0.717) is 12.3 Å². The molecule has 1 rings (SSSR count). The lowest BCUT2D eigenvalue weighted by molar-refractivity contribution is -0.0394. The van der Waals surface area contributed by atoms with Crippen LogP contribution < -0.4 is 0 Å². The van der Waals surface area contributed by atoms with Crippen molar-refractivity contribution in [3.8, 4) is 0 Å². The van der Waals surface area contributed by atoms with Crippen molar-refractivity contribution in [1.82, 2.24) is 4.98 Å². The molecular formula is C9H11FINO2. The Balaban J connectivity index is 2.72. The molecule has 5 heteroatoms. The number of hydrogen-bond acceptors (Lipinski definition) is 3. The minimum atomic E-state index is -0.304. The van der Waals surface area contributed by atoms with Gasteiger partial charge in [-0.2, -0.15) is 0 Å². The van der Waals surface area contributed by atoms with Crippen molar-refractivity contribution in [1.29, 1.82) is 0 Å². The van der Waals surface area contributed by atoms with Crippen LogP contribution in [0, 0.1) is 16.4 Å². The number of ether oxygens (including phenoxy) is 2. The molecule has 0 spiro atoms. The molecule has 0 radical (unpaired) electrons. The second kappa shape index (κ2) is 5.57. The van der Waals surface area contributed by atoms with Crippen molar-refractivity contribution >= 4 is 22.6 Å². The van der Waals surface area contributed by atoms with Crippen molar-refractivity contribution in [3.63, 3.8) is 0 Å². The number of nitrogens with zero attached hydrogens (tertiary/aromatic N) is 1. The minimum absolute atomic E-state index is 0.200. The maximum absolute atomic E-state index is 13.1. The molecule has 0 aliphatic heterocycles. The zero-order chi connectivity index (χ0) is 10.6. The predicted molar refractivity (Wildman–Crippen MR) is 58.3 cm³/mol. The quantitative estimate of drug-likeness (QED) is 0.370. The van der Waals surface area contributed by atoms with Gasteiger partial charge < -0.3 is 9.47 Å². The first-order valence-electron chi connectivity index (χ1n) is 4.03. The highest BCUT2D eigenvalue weighted by atomic mass is 127. The van der Waals surface area contributed by atoms with Crippen LogP contribution >= 0.6 is 22.6 Å². The molecule has 0 amide bonds. The Labute approximate surface area is 95.8 Å². The first-order chi connectivity index (χ1) is 6.65. The summed E-state index contributed by atoms with van der Waals surface area (Å²) in [6.45, 7) is 2.15. The first-order valence-corrected chi connectivity index (χ1v) is 5.11. The van der Waals surface area contributed by atoms with Crippen LogP contribution in [0.1, 0.15) is 11.3 Å². The van der Waals surface area contributed by atoms with Crippen molar-refractivity contribution in [2.45, 2.75) is 13.5 Å². The Morgan fingerprint density at radius 1 is 1.57 bits per heavy atom.